The maximum atomic E-state index is 13.1. The third-order valence-electron chi connectivity index (χ3n) is 6.95. The predicted molar refractivity (Wildman–Crippen MR) is 155 cm³/mol. The van der Waals surface area contributed by atoms with Crippen LogP contribution in [-0.4, -0.2) is 5.78 Å². The molecule has 0 spiro atoms. The molecule has 0 aliphatic heterocycles. The molecule has 0 bridgehead atoms. The molecule has 0 unspecified atom stereocenters. The lowest BCUT2D eigenvalue weighted by atomic mass is 9.95. The van der Waals surface area contributed by atoms with E-state index in [4.69, 9.17) is 0 Å². The molecule has 0 heterocycles. The Kier molecular flexibility index (Phi) is 23.3. The minimum atomic E-state index is 0.260. The summed E-state index contributed by atoms with van der Waals surface area (Å²) in [5.41, 5.74) is 2.80. The highest BCUT2D eigenvalue weighted by Crippen LogP contribution is 2.22. The molecule has 1 nitrogen and oxygen atoms in total. The molecule has 0 atom stereocenters. The van der Waals surface area contributed by atoms with Crippen LogP contribution in [-0.2, 0) is 4.79 Å². The van der Waals surface area contributed by atoms with Gasteiger partial charge in [-0.05, 0) is 75.4 Å². The molecule has 0 amide bonds. The highest BCUT2D eigenvalue weighted by molar-refractivity contribution is 6.00. The lowest BCUT2D eigenvalue weighted by Crippen LogP contribution is -1.98. The largest absolute Gasteiger partial charge is 0.290 e. The molecule has 0 aliphatic carbocycles. The van der Waals surface area contributed by atoms with Crippen molar-refractivity contribution in [1.82, 2.24) is 0 Å². The number of rotatable bonds is 24. The first-order chi connectivity index (χ1) is 16.4. The number of hydrogen-bond acceptors (Lipinski definition) is 1. The Labute approximate surface area is 215 Å². The summed E-state index contributed by atoms with van der Waals surface area (Å²) in [6.45, 7) is 13.8. The molecular formula is C33H62O. The Morgan fingerprint density at radius 3 is 1.18 bits per heavy atom. The van der Waals surface area contributed by atoms with Crippen molar-refractivity contribution in [2.45, 2.75) is 170 Å². The maximum Gasteiger partial charge on any atom is 0.178 e. The van der Waals surface area contributed by atoms with Gasteiger partial charge in [-0.3, -0.25) is 4.79 Å². The fraction of sp³-hybridized carbons (Fsp3) is 0.848. The number of unbranched alkanes of at least 4 members (excludes halogenated alkanes) is 10. The smallest absolute Gasteiger partial charge is 0.178 e. The molecular weight excluding hydrogens is 412 g/mol. The molecule has 0 aromatic heterocycles. The topological polar surface area (TPSA) is 17.1 Å². The van der Waals surface area contributed by atoms with Crippen molar-refractivity contribution in [3.63, 3.8) is 0 Å². The standard InChI is InChI=1S/C33H62O/c1-7-9-11-13-15-17-23-31(25-19-21-29(3)4)27-33(34)28-32(26-20-22-30(5)6)24-18-16-14-12-10-8-2/h27-30H,7-26H2,1-6H3. The van der Waals surface area contributed by atoms with Crippen molar-refractivity contribution < 1.29 is 4.79 Å². The second-order valence-corrected chi connectivity index (χ2v) is 11.6. The summed E-state index contributed by atoms with van der Waals surface area (Å²) in [4.78, 5) is 13.1. The average Bonchev–Trinajstić information content (AvgIpc) is 2.77. The van der Waals surface area contributed by atoms with Crippen LogP contribution < -0.4 is 0 Å². The Bertz CT molecular complexity index is 477. The molecule has 34 heavy (non-hydrogen) atoms. The van der Waals surface area contributed by atoms with Gasteiger partial charge in [0.25, 0.3) is 0 Å². The molecule has 0 saturated heterocycles. The molecule has 0 fully saturated rings. The first-order valence-corrected chi connectivity index (χ1v) is 15.3. The highest BCUT2D eigenvalue weighted by Gasteiger charge is 2.06. The zero-order chi connectivity index (χ0) is 25.4. The minimum Gasteiger partial charge on any atom is -0.290 e. The van der Waals surface area contributed by atoms with E-state index in [9.17, 15) is 4.79 Å². The SMILES string of the molecule is CCCCCCCCC(=CC(=O)C=C(CCCCCCCC)CCCC(C)C)CCCC(C)C. The first kappa shape index (κ1) is 33.1. The lowest BCUT2D eigenvalue weighted by Gasteiger charge is -2.11. The maximum absolute atomic E-state index is 13.1. The quantitative estimate of drug-likeness (QED) is 0.100. The van der Waals surface area contributed by atoms with Gasteiger partial charge in [-0.1, -0.05) is 130 Å². The van der Waals surface area contributed by atoms with Crippen molar-refractivity contribution in [2.75, 3.05) is 0 Å². The van der Waals surface area contributed by atoms with Gasteiger partial charge in [0.1, 0.15) is 0 Å². The van der Waals surface area contributed by atoms with Gasteiger partial charge in [0.2, 0.25) is 0 Å². The Hall–Kier alpha value is -0.850. The normalized spacial score (nSPS) is 12.8. The summed E-state index contributed by atoms with van der Waals surface area (Å²) in [5, 5.41) is 0. The van der Waals surface area contributed by atoms with Crippen molar-refractivity contribution in [3.05, 3.63) is 23.3 Å². The van der Waals surface area contributed by atoms with Crippen LogP contribution in [0.15, 0.2) is 23.3 Å². The van der Waals surface area contributed by atoms with Crippen molar-refractivity contribution >= 4 is 5.78 Å². The molecule has 200 valence electrons. The summed E-state index contributed by atoms with van der Waals surface area (Å²) in [5.74, 6) is 1.75. The lowest BCUT2D eigenvalue weighted by molar-refractivity contribution is -0.110. The van der Waals surface area contributed by atoms with Gasteiger partial charge in [-0.25, -0.2) is 0 Å². The van der Waals surface area contributed by atoms with Crippen LogP contribution in [0.3, 0.4) is 0 Å². The molecule has 0 aromatic carbocycles. The summed E-state index contributed by atoms with van der Waals surface area (Å²) in [6, 6.07) is 0. The number of allylic oxidation sites excluding steroid dienone is 4. The third kappa shape index (κ3) is 22.9. The van der Waals surface area contributed by atoms with E-state index < -0.39 is 0 Å². The molecule has 0 aromatic rings. The molecule has 0 N–H and O–H groups in total. The zero-order valence-electron chi connectivity index (χ0n) is 24.4. The second-order valence-electron chi connectivity index (χ2n) is 11.6. The Morgan fingerprint density at radius 1 is 0.500 bits per heavy atom. The van der Waals surface area contributed by atoms with Crippen molar-refractivity contribution in [2.24, 2.45) is 11.8 Å². The van der Waals surface area contributed by atoms with Gasteiger partial charge < -0.3 is 0 Å². The van der Waals surface area contributed by atoms with Gasteiger partial charge in [-0.2, -0.15) is 0 Å². The van der Waals surface area contributed by atoms with Crippen LogP contribution in [0.2, 0.25) is 0 Å². The number of carbonyl (C=O) groups excluding carboxylic acids is 1. The van der Waals surface area contributed by atoms with Gasteiger partial charge in [0.15, 0.2) is 5.78 Å². The fourth-order valence-corrected chi connectivity index (χ4v) is 4.72. The Morgan fingerprint density at radius 2 is 0.824 bits per heavy atom. The van der Waals surface area contributed by atoms with E-state index in [1.807, 2.05) is 12.2 Å². The number of ketones is 1. The van der Waals surface area contributed by atoms with Gasteiger partial charge in [-0.15, -0.1) is 0 Å². The highest BCUT2D eigenvalue weighted by atomic mass is 16.1. The first-order valence-electron chi connectivity index (χ1n) is 15.3. The predicted octanol–water partition coefficient (Wildman–Crippen LogP) is 11.6. The van der Waals surface area contributed by atoms with Crippen LogP contribution in [0.5, 0.6) is 0 Å². The van der Waals surface area contributed by atoms with E-state index in [1.165, 1.54) is 114 Å². The van der Waals surface area contributed by atoms with Gasteiger partial charge in [0, 0.05) is 0 Å². The van der Waals surface area contributed by atoms with E-state index in [-0.39, 0.29) is 5.78 Å². The van der Waals surface area contributed by atoms with Crippen molar-refractivity contribution in [1.29, 1.82) is 0 Å². The number of hydrogen-bond donors (Lipinski definition) is 0. The third-order valence-corrected chi connectivity index (χ3v) is 6.95. The van der Waals surface area contributed by atoms with E-state index in [0.717, 1.165) is 37.5 Å². The zero-order valence-corrected chi connectivity index (χ0v) is 24.4. The van der Waals surface area contributed by atoms with Crippen molar-refractivity contribution in [3.8, 4) is 0 Å². The monoisotopic (exact) mass is 474 g/mol. The molecule has 0 aliphatic rings. The van der Waals surface area contributed by atoms with Crippen LogP contribution in [0.25, 0.3) is 0 Å². The summed E-state index contributed by atoms with van der Waals surface area (Å²) in [6.07, 6.45) is 29.3. The summed E-state index contributed by atoms with van der Waals surface area (Å²) < 4.78 is 0. The minimum absolute atomic E-state index is 0.260. The van der Waals surface area contributed by atoms with Crippen LogP contribution in [0.1, 0.15) is 170 Å². The van der Waals surface area contributed by atoms with Crippen LogP contribution >= 0.6 is 0 Å². The van der Waals surface area contributed by atoms with E-state index in [2.05, 4.69) is 41.5 Å². The van der Waals surface area contributed by atoms with Gasteiger partial charge >= 0.3 is 0 Å². The fourth-order valence-electron chi connectivity index (χ4n) is 4.72. The van der Waals surface area contributed by atoms with E-state index in [1.54, 1.807) is 0 Å². The summed E-state index contributed by atoms with van der Waals surface area (Å²) >= 11 is 0. The molecule has 0 radical (unpaired) electrons. The molecule has 0 rings (SSSR count). The van der Waals surface area contributed by atoms with Crippen LogP contribution in [0, 0.1) is 11.8 Å². The van der Waals surface area contributed by atoms with Crippen LogP contribution in [0.4, 0.5) is 0 Å². The molecule has 1 heteroatoms. The van der Waals surface area contributed by atoms with E-state index in [0.29, 0.717) is 0 Å². The molecule has 0 saturated carbocycles. The van der Waals surface area contributed by atoms with E-state index >= 15 is 0 Å². The number of carbonyl (C=O) groups is 1. The average molecular weight is 475 g/mol. The van der Waals surface area contributed by atoms with Gasteiger partial charge in [0.05, 0.1) is 0 Å². The summed E-state index contributed by atoms with van der Waals surface area (Å²) in [7, 11) is 0. The Balaban J connectivity index is 4.97. The second kappa shape index (κ2) is 23.9.